The Morgan fingerprint density at radius 3 is 2.50 bits per heavy atom. The number of hydrogen-bond donors (Lipinski definition) is 0. The van der Waals surface area contributed by atoms with Crippen LogP contribution in [0.4, 0.5) is 0 Å². The molecule has 1 heterocycles. The van der Waals surface area contributed by atoms with Crippen molar-refractivity contribution in [1.29, 1.82) is 0 Å². The Morgan fingerprint density at radius 1 is 1.44 bits per heavy atom. The highest BCUT2D eigenvalue weighted by molar-refractivity contribution is 9.10. The van der Waals surface area contributed by atoms with Crippen molar-refractivity contribution in [2.75, 3.05) is 13.6 Å². The van der Waals surface area contributed by atoms with E-state index in [9.17, 15) is 0 Å². The quantitative estimate of drug-likeness (QED) is 0.830. The van der Waals surface area contributed by atoms with Crippen LogP contribution in [0.25, 0.3) is 0 Å². The standard InChI is InChI=1S/C12H22BrN3/c1-9(2)6-7-15(4)8-11-12(13)10(3)14-16(11)5/h9H,6-8H2,1-5H3. The third-order valence-corrected chi connectivity index (χ3v) is 3.80. The van der Waals surface area contributed by atoms with Gasteiger partial charge in [0.15, 0.2) is 0 Å². The molecule has 0 atom stereocenters. The molecule has 0 fully saturated rings. The smallest absolute Gasteiger partial charge is 0.0739 e. The van der Waals surface area contributed by atoms with Crippen LogP contribution < -0.4 is 0 Å². The van der Waals surface area contributed by atoms with Crippen LogP contribution >= 0.6 is 15.9 Å². The fourth-order valence-electron chi connectivity index (χ4n) is 1.67. The molecule has 0 aromatic carbocycles. The molecule has 0 amide bonds. The summed E-state index contributed by atoms with van der Waals surface area (Å²) in [5, 5.41) is 4.40. The molecule has 1 aromatic rings. The second-order valence-electron chi connectivity index (χ2n) is 4.89. The van der Waals surface area contributed by atoms with Gasteiger partial charge in [-0.15, -0.1) is 0 Å². The Bertz CT molecular complexity index is 344. The molecule has 92 valence electrons. The predicted molar refractivity (Wildman–Crippen MR) is 71.4 cm³/mol. The lowest BCUT2D eigenvalue weighted by Crippen LogP contribution is -2.22. The minimum atomic E-state index is 0.763. The van der Waals surface area contributed by atoms with Gasteiger partial charge >= 0.3 is 0 Å². The second kappa shape index (κ2) is 5.82. The largest absolute Gasteiger partial charge is 0.301 e. The highest BCUT2D eigenvalue weighted by atomic mass is 79.9. The van der Waals surface area contributed by atoms with Gasteiger partial charge in [0.1, 0.15) is 0 Å². The first-order valence-corrected chi connectivity index (χ1v) is 6.57. The van der Waals surface area contributed by atoms with Crippen LogP contribution in [0.2, 0.25) is 0 Å². The minimum Gasteiger partial charge on any atom is -0.301 e. The molecule has 1 aromatic heterocycles. The monoisotopic (exact) mass is 287 g/mol. The van der Waals surface area contributed by atoms with Crippen LogP contribution in [0, 0.1) is 12.8 Å². The number of hydrogen-bond acceptors (Lipinski definition) is 2. The highest BCUT2D eigenvalue weighted by Crippen LogP contribution is 2.21. The molecule has 0 unspecified atom stereocenters. The summed E-state index contributed by atoms with van der Waals surface area (Å²) in [7, 11) is 4.17. The third-order valence-electron chi connectivity index (χ3n) is 2.77. The van der Waals surface area contributed by atoms with Crippen LogP contribution in [-0.2, 0) is 13.6 Å². The van der Waals surface area contributed by atoms with Crippen molar-refractivity contribution in [1.82, 2.24) is 14.7 Å². The van der Waals surface area contributed by atoms with Crippen molar-refractivity contribution in [3.8, 4) is 0 Å². The van der Waals surface area contributed by atoms with E-state index in [4.69, 9.17) is 0 Å². The Morgan fingerprint density at radius 2 is 2.06 bits per heavy atom. The van der Waals surface area contributed by atoms with E-state index < -0.39 is 0 Å². The maximum absolute atomic E-state index is 4.40. The Hall–Kier alpha value is -0.350. The Kier molecular flexibility index (Phi) is 4.99. The van der Waals surface area contributed by atoms with Gasteiger partial charge in [0.25, 0.3) is 0 Å². The van der Waals surface area contributed by atoms with Crippen molar-refractivity contribution in [3.63, 3.8) is 0 Å². The van der Waals surface area contributed by atoms with Crippen LogP contribution in [0.15, 0.2) is 4.47 Å². The molecule has 0 spiro atoms. The molecule has 0 saturated carbocycles. The van der Waals surface area contributed by atoms with Gasteiger partial charge in [-0.2, -0.15) is 5.10 Å². The summed E-state index contributed by atoms with van der Waals surface area (Å²) in [5.41, 5.74) is 2.32. The van der Waals surface area contributed by atoms with Crippen LogP contribution in [-0.4, -0.2) is 28.3 Å². The zero-order chi connectivity index (χ0) is 12.3. The van der Waals surface area contributed by atoms with Crippen molar-refractivity contribution in [3.05, 3.63) is 15.9 Å². The van der Waals surface area contributed by atoms with E-state index in [0.29, 0.717) is 0 Å². The van der Waals surface area contributed by atoms with Crippen molar-refractivity contribution >= 4 is 15.9 Å². The predicted octanol–water partition coefficient (Wildman–Crippen LogP) is 2.97. The number of aromatic nitrogens is 2. The lowest BCUT2D eigenvalue weighted by atomic mass is 10.1. The zero-order valence-electron chi connectivity index (χ0n) is 10.9. The average Bonchev–Trinajstić information content (AvgIpc) is 2.42. The molecule has 0 aliphatic carbocycles. The lowest BCUT2D eigenvalue weighted by Gasteiger charge is -2.18. The summed E-state index contributed by atoms with van der Waals surface area (Å²) >= 11 is 3.60. The van der Waals surface area contributed by atoms with Gasteiger partial charge in [0, 0.05) is 13.6 Å². The van der Waals surface area contributed by atoms with E-state index in [1.807, 2.05) is 18.7 Å². The summed E-state index contributed by atoms with van der Waals surface area (Å²) in [4.78, 5) is 2.35. The number of nitrogens with zero attached hydrogens (tertiary/aromatic N) is 3. The molecule has 0 bridgehead atoms. The topological polar surface area (TPSA) is 21.1 Å². The maximum Gasteiger partial charge on any atom is 0.0739 e. The van der Waals surface area contributed by atoms with Crippen molar-refractivity contribution in [2.45, 2.75) is 33.7 Å². The minimum absolute atomic E-state index is 0.763. The van der Waals surface area contributed by atoms with E-state index >= 15 is 0 Å². The van der Waals surface area contributed by atoms with E-state index in [0.717, 1.165) is 29.2 Å². The summed E-state index contributed by atoms with van der Waals surface area (Å²) in [6, 6.07) is 0. The maximum atomic E-state index is 4.40. The molecule has 0 N–H and O–H groups in total. The average molecular weight is 288 g/mol. The second-order valence-corrected chi connectivity index (χ2v) is 5.68. The summed E-state index contributed by atoms with van der Waals surface area (Å²) in [6.07, 6.45) is 1.24. The van der Waals surface area contributed by atoms with Crippen molar-refractivity contribution < 1.29 is 0 Å². The normalized spacial score (nSPS) is 11.8. The van der Waals surface area contributed by atoms with Gasteiger partial charge in [0.2, 0.25) is 0 Å². The molecule has 4 heteroatoms. The molecule has 0 saturated heterocycles. The van der Waals surface area contributed by atoms with Crippen LogP contribution in [0.5, 0.6) is 0 Å². The van der Waals surface area contributed by atoms with Crippen LogP contribution in [0.1, 0.15) is 31.7 Å². The van der Waals surface area contributed by atoms with Gasteiger partial charge in [-0.05, 0) is 48.8 Å². The molecule has 0 aliphatic heterocycles. The fourth-order valence-corrected chi connectivity index (χ4v) is 2.13. The van der Waals surface area contributed by atoms with Crippen molar-refractivity contribution in [2.24, 2.45) is 13.0 Å². The summed E-state index contributed by atoms with van der Waals surface area (Å²) < 4.78 is 3.11. The molecule has 16 heavy (non-hydrogen) atoms. The molecule has 3 nitrogen and oxygen atoms in total. The van der Waals surface area contributed by atoms with E-state index in [1.165, 1.54) is 12.1 Å². The Balaban J connectivity index is 2.59. The van der Waals surface area contributed by atoms with E-state index in [1.54, 1.807) is 0 Å². The zero-order valence-corrected chi connectivity index (χ0v) is 12.5. The molecule has 0 aliphatic rings. The number of aryl methyl sites for hydroxylation is 2. The summed E-state index contributed by atoms with van der Waals surface area (Å²) in [5.74, 6) is 0.763. The van der Waals surface area contributed by atoms with Gasteiger partial charge in [-0.25, -0.2) is 0 Å². The van der Waals surface area contributed by atoms with E-state index in [-0.39, 0.29) is 0 Å². The first-order chi connectivity index (χ1) is 7.41. The molecular formula is C12H22BrN3. The lowest BCUT2D eigenvalue weighted by molar-refractivity contribution is 0.295. The first-order valence-electron chi connectivity index (χ1n) is 5.78. The first kappa shape index (κ1) is 13.7. The number of halogens is 1. The highest BCUT2D eigenvalue weighted by Gasteiger charge is 2.12. The molecular weight excluding hydrogens is 266 g/mol. The van der Waals surface area contributed by atoms with Gasteiger partial charge in [0.05, 0.1) is 15.9 Å². The van der Waals surface area contributed by atoms with Crippen LogP contribution in [0.3, 0.4) is 0 Å². The SMILES string of the molecule is Cc1nn(C)c(CN(C)CCC(C)C)c1Br. The molecule has 1 rings (SSSR count). The summed E-state index contributed by atoms with van der Waals surface area (Å²) in [6.45, 7) is 8.64. The number of rotatable bonds is 5. The molecule has 0 radical (unpaired) electrons. The van der Waals surface area contributed by atoms with E-state index in [2.05, 4.69) is 46.8 Å². The van der Waals surface area contributed by atoms with Gasteiger partial charge in [-0.1, -0.05) is 13.8 Å². The van der Waals surface area contributed by atoms with Gasteiger partial charge < -0.3 is 4.90 Å². The Labute approximate surface area is 107 Å². The van der Waals surface area contributed by atoms with Gasteiger partial charge in [-0.3, -0.25) is 4.68 Å². The fraction of sp³-hybridized carbons (Fsp3) is 0.750. The third kappa shape index (κ3) is 3.59.